The van der Waals surface area contributed by atoms with Gasteiger partial charge in [-0.1, -0.05) is 39.0 Å². The van der Waals surface area contributed by atoms with Gasteiger partial charge in [-0.25, -0.2) is 0 Å². The summed E-state index contributed by atoms with van der Waals surface area (Å²) in [6.45, 7) is 7.87. The smallest absolute Gasteiger partial charge is 0.234 e. The Labute approximate surface area is 119 Å². The highest BCUT2D eigenvalue weighted by Crippen LogP contribution is 2.24. The van der Waals surface area contributed by atoms with Crippen molar-refractivity contribution in [2.75, 3.05) is 11.1 Å². The van der Waals surface area contributed by atoms with Gasteiger partial charge in [0.25, 0.3) is 0 Å². The normalized spacial score (nSPS) is 14.2. The lowest BCUT2D eigenvalue weighted by atomic mass is 10.0. The van der Waals surface area contributed by atoms with Gasteiger partial charge >= 0.3 is 0 Å². The van der Waals surface area contributed by atoms with E-state index in [4.69, 9.17) is 0 Å². The molecule has 19 heavy (non-hydrogen) atoms. The third-order valence-electron chi connectivity index (χ3n) is 3.01. The van der Waals surface area contributed by atoms with Gasteiger partial charge in [0.05, 0.1) is 11.9 Å². The molecule has 0 bridgehead atoms. The van der Waals surface area contributed by atoms with E-state index in [9.17, 15) is 9.90 Å². The Morgan fingerprint density at radius 1 is 1.26 bits per heavy atom. The minimum atomic E-state index is -0.402. The quantitative estimate of drug-likeness (QED) is 0.841. The Kier molecular flexibility index (Phi) is 6.38. The van der Waals surface area contributed by atoms with Gasteiger partial charge in [0.2, 0.25) is 5.91 Å². The van der Waals surface area contributed by atoms with Crippen LogP contribution in [0.15, 0.2) is 24.3 Å². The fourth-order valence-corrected chi connectivity index (χ4v) is 2.41. The van der Waals surface area contributed by atoms with Gasteiger partial charge in [0.1, 0.15) is 0 Å². The van der Waals surface area contributed by atoms with Crippen molar-refractivity contribution in [3.8, 4) is 0 Å². The summed E-state index contributed by atoms with van der Waals surface area (Å²) in [5.74, 6) is 0.713. The van der Waals surface area contributed by atoms with Crippen LogP contribution in [0.5, 0.6) is 0 Å². The van der Waals surface area contributed by atoms with Crippen molar-refractivity contribution in [1.29, 1.82) is 0 Å². The van der Waals surface area contributed by atoms with Crippen molar-refractivity contribution in [2.24, 2.45) is 0 Å². The van der Waals surface area contributed by atoms with E-state index in [1.807, 2.05) is 31.2 Å². The lowest BCUT2D eigenvalue weighted by Crippen LogP contribution is -2.21. The van der Waals surface area contributed by atoms with Gasteiger partial charge < -0.3 is 10.4 Å². The number of aliphatic hydroxyl groups is 1. The fourth-order valence-electron chi connectivity index (χ4n) is 1.65. The Morgan fingerprint density at radius 2 is 1.89 bits per heavy atom. The highest BCUT2D eigenvalue weighted by atomic mass is 32.2. The van der Waals surface area contributed by atoms with Gasteiger partial charge in [-0.3, -0.25) is 4.79 Å². The molecular weight excluding hydrogens is 258 g/mol. The number of rotatable bonds is 6. The standard InChI is InChI=1S/C15H23NO2S/c1-10(2)13-7-5-6-8-14(13)16-15(18)9-19-12(4)11(3)17/h5-8,10-12,17H,9H2,1-4H3,(H,16,18). The molecule has 0 saturated carbocycles. The van der Waals surface area contributed by atoms with Crippen LogP contribution in [0.4, 0.5) is 5.69 Å². The first-order valence-electron chi connectivity index (χ1n) is 6.60. The van der Waals surface area contributed by atoms with Crippen molar-refractivity contribution in [2.45, 2.75) is 45.0 Å². The van der Waals surface area contributed by atoms with Crippen LogP contribution >= 0.6 is 11.8 Å². The van der Waals surface area contributed by atoms with Crippen LogP contribution in [-0.2, 0) is 4.79 Å². The fraction of sp³-hybridized carbons (Fsp3) is 0.533. The molecule has 4 heteroatoms. The Hall–Kier alpha value is -1.000. The van der Waals surface area contributed by atoms with E-state index in [2.05, 4.69) is 19.2 Å². The molecule has 3 nitrogen and oxygen atoms in total. The molecule has 0 spiro atoms. The molecule has 0 aliphatic heterocycles. The molecule has 1 rings (SSSR count). The number of carbonyl (C=O) groups is 1. The van der Waals surface area contributed by atoms with Crippen molar-refractivity contribution < 1.29 is 9.90 Å². The number of benzene rings is 1. The molecule has 106 valence electrons. The second kappa shape index (κ2) is 7.56. The number of nitrogens with one attached hydrogen (secondary N) is 1. The first kappa shape index (κ1) is 16.1. The predicted molar refractivity (Wildman–Crippen MR) is 82.8 cm³/mol. The second-order valence-corrected chi connectivity index (χ2v) is 6.41. The molecule has 2 atom stereocenters. The number of amides is 1. The van der Waals surface area contributed by atoms with E-state index in [1.165, 1.54) is 11.8 Å². The van der Waals surface area contributed by atoms with E-state index in [-0.39, 0.29) is 11.2 Å². The van der Waals surface area contributed by atoms with Crippen LogP contribution in [0.1, 0.15) is 39.2 Å². The van der Waals surface area contributed by atoms with Crippen molar-refractivity contribution in [3.05, 3.63) is 29.8 Å². The van der Waals surface area contributed by atoms with Crippen LogP contribution in [-0.4, -0.2) is 28.1 Å². The van der Waals surface area contributed by atoms with E-state index in [0.717, 1.165) is 11.3 Å². The van der Waals surface area contributed by atoms with Crippen LogP contribution in [0.25, 0.3) is 0 Å². The largest absolute Gasteiger partial charge is 0.392 e. The zero-order chi connectivity index (χ0) is 14.4. The molecule has 1 amide bonds. The van der Waals surface area contributed by atoms with Gasteiger partial charge in [-0.05, 0) is 24.5 Å². The van der Waals surface area contributed by atoms with E-state index in [0.29, 0.717) is 11.7 Å². The number of hydrogen-bond acceptors (Lipinski definition) is 3. The molecule has 1 aromatic carbocycles. The van der Waals surface area contributed by atoms with E-state index in [1.54, 1.807) is 6.92 Å². The van der Waals surface area contributed by atoms with Gasteiger partial charge in [-0.15, -0.1) is 11.8 Å². The van der Waals surface area contributed by atoms with Crippen molar-refractivity contribution >= 4 is 23.4 Å². The zero-order valence-electron chi connectivity index (χ0n) is 12.0. The van der Waals surface area contributed by atoms with Gasteiger partial charge in [-0.2, -0.15) is 0 Å². The summed E-state index contributed by atoms with van der Waals surface area (Å²) in [6, 6.07) is 7.87. The first-order valence-corrected chi connectivity index (χ1v) is 7.65. The summed E-state index contributed by atoms with van der Waals surface area (Å²) in [5.41, 5.74) is 2.03. The number of thioether (sulfide) groups is 1. The molecule has 0 aromatic heterocycles. The summed E-state index contributed by atoms with van der Waals surface area (Å²) < 4.78 is 0. The number of hydrogen-bond donors (Lipinski definition) is 2. The average Bonchev–Trinajstić information content (AvgIpc) is 2.36. The van der Waals surface area contributed by atoms with E-state index < -0.39 is 6.10 Å². The maximum absolute atomic E-state index is 11.9. The van der Waals surface area contributed by atoms with Crippen LogP contribution < -0.4 is 5.32 Å². The highest BCUT2D eigenvalue weighted by Gasteiger charge is 2.13. The third kappa shape index (κ3) is 5.25. The molecule has 0 fully saturated rings. The Morgan fingerprint density at radius 3 is 2.47 bits per heavy atom. The summed E-state index contributed by atoms with van der Waals surface area (Å²) in [4.78, 5) is 11.9. The molecule has 1 aromatic rings. The highest BCUT2D eigenvalue weighted by molar-refractivity contribution is 8.00. The van der Waals surface area contributed by atoms with Crippen LogP contribution in [0.2, 0.25) is 0 Å². The predicted octanol–water partition coefficient (Wildman–Crippen LogP) is 3.25. The van der Waals surface area contributed by atoms with Gasteiger partial charge in [0, 0.05) is 10.9 Å². The minimum absolute atomic E-state index is 0.0226. The molecule has 0 saturated heterocycles. The Balaban J connectivity index is 2.58. The van der Waals surface area contributed by atoms with Crippen molar-refractivity contribution in [3.63, 3.8) is 0 Å². The second-order valence-electron chi connectivity index (χ2n) is 5.05. The van der Waals surface area contributed by atoms with Gasteiger partial charge in [0.15, 0.2) is 0 Å². The maximum atomic E-state index is 11.9. The maximum Gasteiger partial charge on any atom is 0.234 e. The topological polar surface area (TPSA) is 49.3 Å². The number of aliphatic hydroxyl groups excluding tert-OH is 1. The first-order chi connectivity index (χ1) is 8.91. The summed E-state index contributed by atoms with van der Waals surface area (Å²) in [6.07, 6.45) is -0.402. The summed E-state index contributed by atoms with van der Waals surface area (Å²) >= 11 is 1.46. The molecule has 0 aliphatic carbocycles. The third-order valence-corrected chi connectivity index (χ3v) is 4.36. The molecule has 0 radical (unpaired) electrons. The number of anilines is 1. The lowest BCUT2D eigenvalue weighted by Gasteiger charge is -2.16. The Bertz CT molecular complexity index is 418. The number of para-hydroxylation sites is 1. The molecule has 0 aliphatic rings. The lowest BCUT2D eigenvalue weighted by molar-refractivity contribution is -0.113. The molecule has 2 unspecified atom stereocenters. The molecule has 2 N–H and O–H groups in total. The summed E-state index contributed by atoms with van der Waals surface area (Å²) in [5, 5.41) is 12.4. The molecular formula is C15H23NO2S. The monoisotopic (exact) mass is 281 g/mol. The SMILES string of the molecule is CC(C)c1ccccc1NC(=O)CSC(C)C(C)O. The van der Waals surface area contributed by atoms with Crippen LogP contribution in [0.3, 0.4) is 0 Å². The van der Waals surface area contributed by atoms with Crippen LogP contribution in [0, 0.1) is 0 Å². The molecule has 0 heterocycles. The number of carbonyl (C=O) groups excluding carboxylic acids is 1. The minimum Gasteiger partial charge on any atom is -0.392 e. The average molecular weight is 281 g/mol. The summed E-state index contributed by atoms with van der Waals surface area (Å²) in [7, 11) is 0. The zero-order valence-corrected chi connectivity index (χ0v) is 12.8. The van der Waals surface area contributed by atoms with E-state index >= 15 is 0 Å². The van der Waals surface area contributed by atoms with Crippen molar-refractivity contribution in [1.82, 2.24) is 0 Å².